The van der Waals surface area contributed by atoms with E-state index in [0.29, 0.717) is 0 Å². The Kier molecular flexibility index (Phi) is 6.26. The van der Waals surface area contributed by atoms with Gasteiger partial charge in [0.2, 0.25) is 5.91 Å². The van der Waals surface area contributed by atoms with Crippen molar-refractivity contribution in [2.45, 2.75) is 11.9 Å². The first-order chi connectivity index (χ1) is 11.5. The Morgan fingerprint density at radius 1 is 1.33 bits per heavy atom. The molecule has 2 rings (SSSR count). The Morgan fingerprint density at radius 3 is 2.79 bits per heavy atom. The van der Waals surface area contributed by atoms with Gasteiger partial charge in [-0.05, 0) is 18.1 Å². The molecule has 0 atom stereocenters. The van der Waals surface area contributed by atoms with Gasteiger partial charge in [0.05, 0.1) is 12.0 Å². The molecule has 24 heavy (non-hydrogen) atoms. The van der Waals surface area contributed by atoms with E-state index in [4.69, 9.17) is 0 Å². The minimum atomic E-state index is -0.695. The molecule has 0 aliphatic rings. The number of allylic oxidation sites excluding steroid dienone is 1. The van der Waals surface area contributed by atoms with E-state index in [1.54, 1.807) is 0 Å². The number of nitrogens with one attached hydrogen (secondary N) is 3. The minimum absolute atomic E-state index is 0.00823. The van der Waals surface area contributed by atoms with Gasteiger partial charge in [0, 0.05) is 0 Å². The van der Waals surface area contributed by atoms with Crippen LogP contribution in [0.2, 0.25) is 0 Å². The standard InChI is InChI=1S/C15H15N5O3S/c1-10(7-11-5-3-2-4-6-11)8-16-18-12(21)9-24-14-13(22)17-15(23)20-19-14/h2-8H,9H2,1H3,(H,18,21)(H2,17,20,22,23)/b10-7+,16-8?. The Morgan fingerprint density at radius 2 is 2.08 bits per heavy atom. The predicted molar refractivity (Wildman–Crippen MR) is 92.9 cm³/mol. The number of aromatic amines is 2. The summed E-state index contributed by atoms with van der Waals surface area (Å²) in [4.78, 5) is 35.9. The van der Waals surface area contributed by atoms with Crippen LogP contribution < -0.4 is 16.7 Å². The molecule has 1 heterocycles. The van der Waals surface area contributed by atoms with Crippen LogP contribution >= 0.6 is 11.8 Å². The lowest BCUT2D eigenvalue weighted by molar-refractivity contribution is -0.118. The van der Waals surface area contributed by atoms with Crippen molar-refractivity contribution in [3.8, 4) is 0 Å². The predicted octanol–water partition coefficient (Wildman–Crippen LogP) is 0.756. The maximum atomic E-state index is 11.7. The number of nitrogens with zero attached hydrogens (tertiary/aromatic N) is 2. The summed E-state index contributed by atoms with van der Waals surface area (Å²) in [6.45, 7) is 1.86. The van der Waals surface area contributed by atoms with Gasteiger partial charge in [-0.25, -0.2) is 15.3 Å². The topological polar surface area (TPSA) is 120 Å². The number of hydrazone groups is 1. The lowest BCUT2D eigenvalue weighted by Gasteiger charge is -1.99. The van der Waals surface area contributed by atoms with E-state index in [-0.39, 0.29) is 10.8 Å². The molecule has 0 bridgehead atoms. The highest BCUT2D eigenvalue weighted by Gasteiger charge is 2.06. The third-order valence-electron chi connectivity index (χ3n) is 2.67. The molecule has 9 heteroatoms. The second kappa shape index (κ2) is 8.63. The summed E-state index contributed by atoms with van der Waals surface area (Å²) in [5.41, 5.74) is 2.93. The average Bonchev–Trinajstić information content (AvgIpc) is 2.55. The number of hydrogen-bond donors (Lipinski definition) is 3. The average molecular weight is 345 g/mol. The van der Waals surface area contributed by atoms with Crippen LogP contribution in [-0.2, 0) is 4.79 Å². The first-order valence-corrected chi connectivity index (χ1v) is 7.90. The fourth-order valence-electron chi connectivity index (χ4n) is 1.66. The van der Waals surface area contributed by atoms with Gasteiger partial charge in [0.25, 0.3) is 5.56 Å². The van der Waals surface area contributed by atoms with Crippen LogP contribution in [0.5, 0.6) is 0 Å². The second-order valence-electron chi connectivity index (χ2n) is 4.69. The maximum Gasteiger partial charge on any atom is 0.342 e. The molecular formula is C15H15N5O3S. The van der Waals surface area contributed by atoms with Crippen LogP contribution in [0.4, 0.5) is 0 Å². The van der Waals surface area contributed by atoms with Gasteiger partial charge >= 0.3 is 5.69 Å². The number of rotatable bonds is 6. The molecule has 0 saturated carbocycles. The molecule has 3 N–H and O–H groups in total. The van der Waals surface area contributed by atoms with Gasteiger partial charge in [0.15, 0.2) is 5.03 Å². The van der Waals surface area contributed by atoms with E-state index in [2.05, 4.69) is 20.7 Å². The molecule has 8 nitrogen and oxygen atoms in total. The molecule has 0 aliphatic carbocycles. The first-order valence-electron chi connectivity index (χ1n) is 6.91. The van der Waals surface area contributed by atoms with Gasteiger partial charge in [0.1, 0.15) is 0 Å². The summed E-state index contributed by atoms with van der Waals surface area (Å²) in [5.74, 6) is -0.447. The zero-order valence-electron chi connectivity index (χ0n) is 12.8. The molecule has 0 fully saturated rings. The molecule has 1 aromatic heterocycles. The number of hydrogen-bond acceptors (Lipinski definition) is 6. The Bertz CT molecular complexity index is 870. The Hall–Kier alpha value is -2.94. The lowest BCUT2D eigenvalue weighted by atomic mass is 10.1. The number of amides is 1. The molecular weight excluding hydrogens is 330 g/mol. The fourth-order valence-corrected chi connectivity index (χ4v) is 2.28. The zero-order chi connectivity index (χ0) is 17.4. The van der Waals surface area contributed by atoms with Crippen molar-refractivity contribution in [2.24, 2.45) is 5.10 Å². The molecule has 2 aromatic rings. The van der Waals surface area contributed by atoms with Gasteiger partial charge in [-0.15, -0.1) is 0 Å². The fraction of sp³-hybridized carbons (Fsp3) is 0.133. The van der Waals surface area contributed by atoms with Crippen LogP contribution in [-0.4, -0.2) is 33.1 Å². The van der Waals surface area contributed by atoms with Gasteiger partial charge in [-0.3, -0.25) is 14.6 Å². The van der Waals surface area contributed by atoms with E-state index in [1.165, 1.54) is 6.21 Å². The highest BCUT2D eigenvalue weighted by Crippen LogP contribution is 2.07. The van der Waals surface area contributed by atoms with Crippen LogP contribution in [0.25, 0.3) is 6.08 Å². The third kappa shape index (κ3) is 5.69. The quantitative estimate of drug-likeness (QED) is 0.405. The summed E-state index contributed by atoms with van der Waals surface area (Å²) in [6.07, 6.45) is 3.45. The highest BCUT2D eigenvalue weighted by molar-refractivity contribution is 7.99. The number of H-pyrrole nitrogens is 2. The molecule has 1 amide bonds. The smallest absolute Gasteiger partial charge is 0.272 e. The monoisotopic (exact) mass is 345 g/mol. The second-order valence-corrected chi connectivity index (χ2v) is 5.66. The maximum absolute atomic E-state index is 11.7. The first kappa shape index (κ1) is 17.4. The zero-order valence-corrected chi connectivity index (χ0v) is 13.6. The summed E-state index contributed by atoms with van der Waals surface area (Å²) in [5, 5.41) is 9.51. The largest absolute Gasteiger partial charge is 0.342 e. The van der Waals surface area contributed by atoms with Crippen molar-refractivity contribution < 1.29 is 4.79 Å². The van der Waals surface area contributed by atoms with Gasteiger partial charge in [-0.2, -0.15) is 10.2 Å². The molecule has 0 spiro atoms. The molecule has 1 aromatic carbocycles. The van der Waals surface area contributed by atoms with Gasteiger partial charge in [-0.1, -0.05) is 48.2 Å². The number of aromatic nitrogens is 3. The van der Waals surface area contributed by atoms with Crippen molar-refractivity contribution in [3.05, 3.63) is 62.3 Å². The van der Waals surface area contributed by atoms with Gasteiger partial charge < -0.3 is 0 Å². The minimum Gasteiger partial charge on any atom is -0.272 e. The van der Waals surface area contributed by atoms with Crippen molar-refractivity contribution >= 4 is 30.0 Å². The van der Waals surface area contributed by atoms with E-state index in [1.807, 2.05) is 48.3 Å². The lowest BCUT2D eigenvalue weighted by Crippen LogP contribution is -2.26. The number of carbonyl (C=O) groups excluding carboxylic acids is 1. The number of thioether (sulfide) groups is 1. The molecule has 0 radical (unpaired) electrons. The molecule has 0 aliphatic heterocycles. The summed E-state index contributed by atoms with van der Waals surface area (Å²) >= 11 is 0.900. The Balaban J connectivity index is 1.83. The van der Waals surface area contributed by atoms with Crippen molar-refractivity contribution in [2.75, 3.05) is 5.75 Å². The summed E-state index contributed by atoms with van der Waals surface area (Å²) < 4.78 is 0. The van der Waals surface area contributed by atoms with Crippen LogP contribution in [0, 0.1) is 0 Å². The van der Waals surface area contributed by atoms with Crippen molar-refractivity contribution in [3.63, 3.8) is 0 Å². The van der Waals surface area contributed by atoms with E-state index in [9.17, 15) is 14.4 Å². The SMILES string of the molecule is C/C(C=NNC(=O)CSc1n[nH]c(=O)[nH]c1=O)=C\c1ccccc1. The summed E-state index contributed by atoms with van der Waals surface area (Å²) in [6, 6.07) is 9.72. The van der Waals surface area contributed by atoms with Crippen LogP contribution in [0.3, 0.4) is 0 Å². The van der Waals surface area contributed by atoms with Crippen LogP contribution in [0.1, 0.15) is 12.5 Å². The number of carbonyl (C=O) groups is 1. The molecule has 0 unspecified atom stereocenters. The summed E-state index contributed by atoms with van der Waals surface area (Å²) in [7, 11) is 0. The highest BCUT2D eigenvalue weighted by atomic mass is 32.2. The van der Waals surface area contributed by atoms with Crippen molar-refractivity contribution in [1.29, 1.82) is 0 Å². The molecule has 0 saturated heterocycles. The van der Waals surface area contributed by atoms with Crippen LogP contribution in [0.15, 0.2) is 55.6 Å². The van der Waals surface area contributed by atoms with Crippen molar-refractivity contribution in [1.82, 2.24) is 20.6 Å². The normalized spacial score (nSPS) is 11.6. The number of benzene rings is 1. The van der Waals surface area contributed by atoms with E-state index in [0.717, 1.165) is 22.9 Å². The van der Waals surface area contributed by atoms with E-state index < -0.39 is 17.2 Å². The van der Waals surface area contributed by atoms with E-state index >= 15 is 0 Å². The molecule has 124 valence electrons. The Labute approximate surface area is 141 Å². The third-order valence-corrected chi connectivity index (χ3v) is 3.63.